The zero-order chi connectivity index (χ0) is 21.9. The van der Waals surface area contributed by atoms with Crippen molar-refractivity contribution in [2.24, 2.45) is 14.1 Å². The molecule has 1 aromatic carbocycles. The van der Waals surface area contributed by atoms with E-state index >= 15 is 0 Å². The molecule has 31 heavy (non-hydrogen) atoms. The summed E-state index contributed by atoms with van der Waals surface area (Å²) in [6, 6.07) is 6.18. The van der Waals surface area contributed by atoms with Crippen LogP contribution in [0.15, 0.2) is 35.3 Å². The van der Waals surface area contributed by atoms with Crippen LogP contribution in [-0.4, -0.2) is 30.9 Å². The maximum Gasteiger partial charge on any atom is 0.261 e. The molecule has 0 radical (unpaired) electrons. The normalized spacial score (nSPS) is 13.6. The topological polar surface area (TPSA) is 68.8 Å². The number of anilines is 1. The minimum atomic E-state index is -0.508. The summed E-state index contributed by atoms with van der Waals surface area (Å²) in [5.41, 5.74) is 3.08. The molecule has 4 heterocycles. The zero-order valence-corrected chi connectivity index (χ0v) is 18.1. The van der Waals surface area contributed by atoms with Crippen LogP contribution in [0.5, 0.6) is 0 Å². The highest BCUT2D eigenvalue weighted by atomic mass is 35.5. The highest BCUT2D eigenvalue weighted by molar-refractivity contribution is 6.30. The number of hydrogen-bond acceptors (Lipinski definition) is 5. The maximum absolute atomic E-state index is 14.9. The van der Waals surface area contributed by atoms with Gasteiger partial charge in [0.1, 0.15) is 28.7 Å². The molecule has 7 nitrogen and oxygen atoms in total. The summed E-state index contributed by atoms with van der Waals surface area (Å²) in [6.07, 6.45) is 2.70. The van der Waals surface area contributed by atoms with Crippen LogP contribution in [0.2, 0.25) is 5.02 Å². The SMILES string of the molecule is Cc1nc2c(-c3ccc(Cl)cc3F)nc(N3CCc4cnn(C)c4C3)cc2c(=O)n1C. The molecule has 158 valence electrons. The van der Waals surface area contributed by atoms with Crippen molar-refractivity contribution in [3.8, 4) is 11.3 Å². The Bertz CT molecular complexity index is 1410. The zero-order valence-electron chi connectivity index (χ0n) is 17.4. The number of rotatable bonds is 2. The molecular formula is C22H20ClFN6O. The van der Waals surface area contributed by atoms with Gasteiger partial charge in [-0.1, -0.05) is 11.6 Å². The van der Waals surface area contributed by atoms with E-state index in [-0.39, 0.29) is 11.1 Å². The standard InChI is InChI=1S/C22H20ClFN6O/c1-12-26-21-16(22(31)28(12)2)9-19(27-20(21)15-5-4-14(23)8-17(15)24)30-7-6-13-10-25-29(3)18(13)11-30/h4-5,8-10H,6-7,11H2,1-3H3. The van der Waals surface area contributed by atoms with E-state index in [0.717, 1.165) is 18.7 Å². The van der Waals surface area contributed by atoms with Gasteiger partial charge in [-0.05, 0) is 43.2 Å². The molecule has 4 aromatic rings. The number of fused-ring (bicyclic) bond motifs is 2. The first-order chi connectivity index (χ1) is 14.8. The molecule has 0 spiro atoms. The van der Waals surface area contributed by atoms with Crippen LogP contribution in [0.3, 0.4) is 0 Å². The molecule has 0 bridgehead atoms. The second-order valence-electron chi connectivity index (χ2n) is 7.78. The van der Waals surface area contributed by atoms with Gasteiger partial charge < -0.3 is 4.90 Å². The van der Waals surface area contributed by atoms with E-state index in [2.05, 4.69) is 15.0 Å². The predicted octanol–water partition coefficient (Wildman–Crippen LogP) is 3.39. The highest BCUT2D eigenvalue weighted by Gasteiger charge is 2.24. The van der Waals surface area contributed by atoms with E-state index in [0.29, 0.717) is 39.8 Å². The highest BCUT2D eigenvalue weighted by Crippen LogP contribution is 2.32. The summed E-state index contributed by atoms with van der Waals surface area (Å²) in [5, 5.41) is 5.04. The van der Waals surface area contributed by atoms with Crippen molar-refractivity contribution in [1.82, 2.24) is 24.3 Å². The van der Waals surface area contributed by atoms with Gasteiger partial charge >= 0.3 is 0 Å². The fraction of sp³-hybridized carbons (Fsp3) is 0.273. The lowest BCUT2D eigenvalue weighted by Gasteiger charge is -2.29. The summed E-state index contributed by atoms with van der Waals surface area (Å²) in [7, 11) is 3.59. The first kappa shape index (κ1) is 19.7. The van der Waals surface area contributed by atoms with Gasteiger partial charge in [-0.2, -0.15) is 5.10 Å². The first-order valence-electron chi connectivity index (χ1n) is 9.92. The smallest absolute Gasteiger partial charge is 0.261 e. The van der Waals surface area contributed by atoms with E-state index < -0.39 is 5.82 Å². The molecule has 0 saturated carbocycles. The lowest BCUT2D eigenvalue weighted by Crippen LogP contribution is -2.32. The average molecular weight is 439 g/mol. The summed E-state index contributed by atoms with van der Waals surface area (Å²) in [4.78, 5) is 24.5. The van der Waals surface area contributed by atoms with Crippen LogP contribution in [0, 0.1) is 12.7 Å². The third-order valence-corrected chi connectivity index (χ3v) is 6.16. The summed E-state index contributed by atoms with van der Waals surface area (Å²) >= 11 is 5.95. The van der Waals surface area contributed by atoms with Gasteiger partial charge in [0, 0.05) is 31.2 Å². The summed E-state index contributed by atoms with van der Waals surface area (Å²) in [5.74, 6) is 0.623. The van der Waals surface area contributed by atoms with Crippen LogP contribution in [0.1, 0.15) is 17.1 Å². The Morgan fingerprint density at radius 1 is 1.16 bits per heavy atom. The third-order valence-electron chi connectivity index (χ3n) is 5.92. The molecule has 0 aliphatic carbocycles. The lowest BCUT2D eigenvalue weighted by atomic mass is 10.1. The molecule has 0 atom stereocenters. The molecule has 1 aliphatic rings. The Kier molecular flexibility index (Phi) is 4.55. The molecule has 3 aromatic heterocycles. The van der Waals surface area contributed by atoms with Crippen LogP contribution < -0.4 is 10.5 Å². The first-order valence-corrected chi connectivity index (χ1v) is 10.3. The lowest BCUT2D eigenvalue weighted by molar-refractivity contribution is 0.630. The number of hydrogen-bond donors (Lipinski definition) is 0. The van der Waals surface area contributed by atoms with Crippen molar-refractivity contribution >= 4 is 28.3 Å². The van der Waals surface area contributed by atoms with E-state index in [1.54, 1.807) is 32.2 Å². The number of nitrogens with zero attached hydrogens (tertiary/aromatic N) is 6. The largest absolute Gasteiger partial charge is 0.350 e. The van der Waals surface area contributed by atoms with Crippen molar-refractivity contribution in [1.29, 1.82) is 0 Å². The van der Waals surface area contributed by atoms with Gasteiger partial charge in [-0.15, -0.1) is 0 Å². The molecule has 0 amide bonds. The van der Waals surface area contributed by atoms with Crippen molar-refractivity contribution < 1.29 is 4.39 Å². The van der Waals surface area contributed by atoms with Gasteiger partial charge in [-0.25, -0.2) is 14.4 Å². The monoisotopic (exact) mass is 438 g/mol. The fourth-order valence-electron chi connectivity index (χ4n) is 4.03. The van der Waals surface area contributed by atoms with E-state index in [1.807, 2.05) is 17.9 Å². The Balaban J connectivity index is 1.75. The Hall–Kier alpha value is -3.26. The number of halogens is 2. The summed E-state index contributed by atoms with van der Waals surface area (Å²) < 4.78 is 18.2. The Labute approximate surface area is 182 Å². The van der Waals surface area contributed by atoms with Crippen LogP contribution in [-0.2, 0) is 27.1 Å². The molecule has 5 rings (SSSR count). The van der Waals surface area contributed by atoms with Gasteiger partial charge in [0.25, 0.3) is 5.56 Å². The Morgan fingerprint density at radius 2 is 1.97 bits per heavy atom. The van der Waals surface area contributed by atoms with Crippen LogP contribution >= 0.6 is 11.6 Å². The van der Waals surface area contributed by atoms with Crippen molar-refractivity contribution in [3.05, 3.63) is 68.7 Å². The van der Waals surface area contributed by atoms with Gasteiger partial charge in [-0.3, -0.25) is 14.0 Å². The molecular weight excluding hydrogens is 419 g/mol. The predicted molar refractivity (Wildman–Crippen MR) is 118 cm³/mol. The van der Waals surface area contributed by atoms with E-state index in [4.69, 9.17) is 16.6 Å². The van der Waals surface area contributed by atoms with Crippen molar-refractivity contribution in [2.45, 2.75) is 19.9 Å². The molecule has 0 saturated heterocycles. The van der Waals surface area contributed by atoms with Crippen LogP contribution in [0.25, 0.3) is 22.2 Å². The summed E-state index contributed by atoms with van der Waals surface area (Å²) in [6.45, 7) is 3.07. The van der Waals surface area contributed by atoms with E-state index in [9.17, 15) is 9.18 Å². The molecule has 0 unspecified atom stereocenters. The van der Waals surface area contributed by atoms with Crippen molar-refractivity contribution in [2.75, 3.05) is 11.4 Å². The number of aromatic nitrogens is 5. The minimum absolute atomic E-state index is 0.194. The molecule has 0 N–H and O–H groups in total. The van der Waals surface area contributed by atoms with Crippen LogP contribution in [0.4, 0.5) is 10.2 Å². The molecule has 9 heteroatoms. The van der Waals surface area contributed by atoms with Gasteiger partial charge in [0.2, 0.25) is 0 Å². The number of aryl methyl sites for hydroxylation is 2. The average Bonchev–Trinajstić information content (AvgIpc) is 3.12. The maximum atomic E-state index is 14.9. The second kappa shape index (κ2) is 7.16. The third kappa shape index (κ3) is 3.18. The second-order valence-corrected chi connectivity index (χ2v) is 8.22. The number of pyridine rings is 1. The van der Waals surface area contributed by atoms with Crippen molar-refractivity contribution in [3.63, 3.8) is 0 Å². The molecule has 1 aliphatic heterocycles. The quantitative estimate of drug-likeness (QED) is 0.480. The Morgan fingerprint density at radius 3 is 2.74 bits per heavy atom. The number of benzene rings is 1. The van der Waals surface area contributed by atoms with E-state index in [1.165, 1.54) is 16.2 Å². The van der Waals surface area contributed by atoms with Gasteiger partial charge in [0.05, 0.1) is 23.8 Å². The van der Waals surface area contributed by atoms with Gasteiger partial charge in [0.15, 0.2) is 0 Å². The minimum Gasteiger partial charge on any atom is -0.350 e. The fourth-order valence-corrected chi connectivity index (χ4v) is 4.19. The molecule has 0 fully saturated rings.